The van der Waals surface area contributed by atoms with Crippen molar-refractivity contribution in [2.24, 2.45) is 0 Å². The standard InChI is InChI=1S/C17H25ClN2/c1-14-11-19-17(8-3-2-4-9-17)13-20(14)12-15-6-5-7-16(18)10-15/h5-7,10,14,19H,2-4,8-9,11-13H2,1H3. The molecule has 3 heteroatoms. The van der Waals surface area contributed by atoms with Gasteiger partial charge < -0.3 is 5.32 Å². The Hall–Kier alpha value is -0.570. The summed E-state index contributed by atoms with van der Waals surface area (Å²) >= 11 is 6.11. The monoisotopic (exact) mass is 292 g/mol. The summed E-state index contributed by atoms with van der Waals surface area (Å²) in [6.07, 6.45) is 6.85. The lowest BCUT2D eigenvalue weighted by Gasteiger charge is -2.49. The van der Waals surface area contributed by atoms with Crippen LogP contribution in [0.4, 0.5) is 0 Å². The van der Waals surface area contributed by atoms with Gasteiger partial charge in [-0.25, -0.2) is 0 Å². The van der Waals surface area contributed by atoms with Gasteiger partial charge in [0.15, 0.2) is 0 Å². The van der Waals surface area contributed by atoms with E-state index < -0.39 is 0 Å². The smallest absolute Gasteiger partial charge is 0.0409 e. The Kier molecular flexibility index (Phi) is 4.34. The van der Waals surface area contributed by atoms with Crippen molar-refractivity contribution < 1.29 is 0 Å². The molecule has 1 saturated heterocycles. The van der Waals surface area contributed by atoms with Crippen LogP contribution in [-0.4, -0.2) is 29.6 Å². The molecule has 1 aromatic carbocycles. The van der Waals surface area contributed by atoms with E-state index in [0.29, 0.717) is 11.6 Å². The van der Waals surface area contributed by atoms with Gasteiger partial charge in [0.25, 0.3) is 0 Å². The molecule has 1 aliphatic heterocycles. The third-order valence-electron chi connectivity index (χ3n) is 4.99. The zero-order valence-corrected chi connectivity index (χ0v) is 13.1. The molecule has 0 radical (unpaired) electrons. The fourth-order valence-electron chi connectivity index (χ4n) is 3.74. The van der Waals surface area contributed by atoms with E-state index >= 15 is 0 Å². The summed E-state index contributed by atoms with van der Waals surface area (Å²) < 4.78 is 0. The first kappa shape index (κ1) is 14.4. The third kappa shape index (κ3) is 3.19. The van der Waals surface area contributed by atoms with Crippen molar-refractivity contribution in [1.82, 2.24) is 10.2 Å². The van der Waals surface area contributed by atoms with Gasteiger partial charge in [0, 0.05) is 36.2 Å². The Balaban J connectivity index is 1.70. The number of benzene rings is 1. The Morgan fingerprint density at radius 3 is 2.85 bits per heavy atom. The van der Waals surface area contributed by atoms with Crippen LogP contribution in [0, 0.1) is 0 Å². The SMILES string of the molecule is CC1CNC2(CCCCC2)CN1Cc1cccc(Cl)c1. The van der Waals surface area contributed by atoms with Crippen LogP contribution in [0.25, 0.3) is 0 Å². The van der Waals surface area contributed by atoms with E-state index in [0.717, 1.165) is 18.1 Å². The number of nitrogens with zero attached hydrogens (tertiary/aromatic N) is 1. The Bertz CT molecular complexity index is 454. The van der Waals surface area contributed by atoms with E-state index in [1.807, 2.05) is 6.07 Å². The van der Waals surface area contributed by atoms with Gasteiger partial charge >= 0.3 is 0 Å². The summed E-state index contributed by atoms with van der Waals surface area (Å²) in [5.41, 5.74) is 1.71. The van der Waals surface area contributed by atoms with Gasteiger partial charge in [-0.2, -0.15) is 0 Å². The Morgan fingerprint density at radius 1 is 1.30 bits per heavy atom. The van der Waals surface area contributed by atoms with Gasteiger partial charge in [-0.05, 0) is 37.5 Å². The van der Waals surface area contributed by atoms with Crippen molar-refractivity contribution in [2.75, 3.05) is 13.1 Å². The third-order valence-corrected chi connectivity index (χ3v) is 5.22. The average molecular weight is 293 g/mol. The lowest BCUT2D eigenvalue weighted by Crippen LogP contribution is -2.63. The molecule has 110 valence electrons. The maximum atomic E-state index is 6.11. The number of nitrogens with one attached hydrogen (secondary N) is 1. The van der Waals surface area contributed by atoms with Crippen LogP contribution in [0.2, 0.25) is 5.02 Å². The molecule has 1 spiro atoms. The van der Waals surface area contributed by atoms with E-state index in [4.69, 9.17) is 11.6 Å². The molecule has 2 nitrogen and oxygen atoms in total. The van der Waals surface area contributed by atoms with Crippen molar-refractivity contribution in [2.45, 2.75) is 57.2 Å². The molecule has 1 unspecified atom stereocenters. The predicted octanol–water partition coefficient (Wildman–Crippen LogP) is 3.84. The molecular weight excluding hydrogens is 268 g/mol. The fraction of sp³-hybridized carbons (Fsp3) is 0.647. The summed E-state index contributed by atoms with van der Waals surface area (Å²) in [5, 5.41) is 4.69. The van der Waals surface area contributed by atoms with E-state index in [-0.39, 0.29) is 0 Å². The number of hydrogen-bond acceptors (Lipinski definition) is 2. The van der Waals surface area contributed by atoms with E-state index in [2.05, 4.69) is 35.3 Å². The average Bonchev–Trinajstić information content (AvgIpc) is 2.44. The molecule has 1 atom stereocenters. The van der Waals surface area contributed by atoms with Crippen molar-refractivity contribution in [3.63, 3.8) is 0 Å². The minimum Gasteiger partial charge on any atom is -0.308 e. The molecule has 1 aromatic rings. The zero-order valence-electron chi connectivity index (χ0n) is 12.4. The van der Waals surface area contributed by atoms with Gasteiger partial charge in [-0.15, -0.1) is 0 Å². The maximum absolute atomic E-state index is 6.11. The van der Waals surface area contributed by atoms with Crippen LogP contribution in [0.15, 0.2) is 24.3 Å². The van der Waals surface area contributed by atoms with E-state index in [1.54, 1.807) is 0 Å². The summed E-state index contributed by atoms with van der Waals surface area (Å²) in [6, 6.07) is 8.90. The molecule has 2 fully saturated rings. The fourth-order valence-corrected chi connectivity index (χ4v) is 3.95. The second kappa shape index (κ2) is 6.05. The van der Waals surface area contributed by atoms with Gasteiger partial charge in [0.1, 0.15) is 0 Å². The lowest BCUT2D eigenvalue weighted by molar-refractivity contribution is 0.0573. The van der Waals surface area contributed by atoms with Gasteiger partial charge in [-0.1, -0.05) is 43.0 Å². The summed E-state index contributed by atoms with van der Waals surface area (Å²) in [7, 11) is 0. The van der Waals surface area contributed by atoms with Gasteiger partial charge in [0.05, 0.1) is 0 Å². The van der Waals surface area contributed by atoms with Crippen molar-refractivity contribution >= 4 is 11.6 Å². The quantitative estimate of drug-likeness (QED) is 0.891. The molecule has 0 amide bonds. The van der Waals surface area contributed by atoms with Gasteiger partial charge in [0.2, 0.25) is 0 Å². The van der Waals surface area contributed by atoms with E-state index in [9.17, 15) is 0 Å². The molecule has 1 aliphatic carbocycles. The van der Waals surface area contributed by atoms with Crippen LogP contribution in [0.3, 0.4) is 0 Å². The highest BCUT2D eigenvalue weighted by Crippen LogP contribution is 2.32. The largest absolute Gasteiger partial charge is 0.308 e. The Labute approximate surface area is 127 Å². The first-order valence-electron chi connectivity index (χ1n) is 7.90. The van der Waals surface area contributed by atoms with Crippen LogP contribution in [0.5, 0.6) is 0 Å². The van der Waals surface area contributed by atoms with Crippen LogP contribution in [-0.2, 0) is 6.54 Å². The topological polar surface area (TPSA) is 15.3 Å². The molecular formula is C17H25ClN2. The minimum absolute atomic E-state index is 0.378. The van der Waals surface area contributed by atoms with Gasteiger partial charge in [-0.3, -0.25) is 4.90 Å². The van der Waals surface area contributed by atoms with Crippen molar-refractivity contribution in [3.05, 3.63) is 34.9 Å². The normalized spacial score (nSPS) is 26.8. The lowest BCUT2D eigenvalue weighted by atomic mass is 9.79. The van der Waals surface area contributed by atoms with Crippen molar-refractivity contribution in [3.8, 4) is 0 Å². The second-order valence-electron chi connectivity index (χ2n) is 6.61. The summed E-state index contributed by atoms with van der Waals surface area (Å²) in [4.78, 5) is 2.63. The van der Waals surface area contributed by atoms with Crippen molar-refractivity contribution in [1.29, 1.82) is 0 Å². The predicted molar refractivity (Wildman–Crippen MR) is 85.1 cm³/mol. The number of piperazine rings is 1. The molecule has 2 aliphatic rings. The number of rotatable bonds is 2. The molecule has 1 N–H and O–H groups in total. The Morgan fingerprint density at radius 2 is 2.10 bits per heavy atom. The highest BCUT2D eigenvalue weighted by atomic mass is 35.5. The first-order valence-corrected chi connectivity index (χ1v) is 8.28. The molecule has 0 bridgehead atoms. The minimum atomic E-state index is 0.378. The maximum Gasteiger partial charge on any atom is 0.0409 e. The highest BCUT2D eigenvalue weighted by molar-refractivity contribution is 6.30. The first-order chi connectivity index (χ1) is 9.67. The summed E-state index contributed by atoms with van der Waals surface area (Å²) in [6.45, 7) is 5.64. The molecule has 1 heterocycles. The summed E-state index contributed by atoms with van der Waals surface area (Å²) in [5.74, 6) is 0. The van der Waals surface area contributed by atoms with E-state index in [1.165, 1.54) is 44.2 Å². The van der Waals surface area contributed by atoms with Crippen LogP contribution in [0.1, 0.15) is 44.6 Å². The number of halogens is 1. The molecule has 3 rings (SSSR count). The molecule has 20 heavy (non-hydrogen) atoms. The number of hydrogen-bond donors (Lipinski definition) is 1. The zero-order chi connectivity index (χ0) is 14.0. The molecule has 0 aromatic heterocycles. The van der Waals surface area contributed by atoms with Crippen LogP contribution < -0.4 is 5.32 Å². The second-order valence-corrected chi connectivity index (χ2v) is 7.04. The van der Waals surface area contributed by atoms with Crippen LogP contribution >= 0.6 is 11.6 Å². The molecule has 1 saturated carbocycles. The highest BCUT2D eigenvalue weighted by Gasteiger charge is 2.38.